The summed E-state index contributed by atoms with van der Waals surface area (Å²) in [4.78, 5) is 11.6. The first-order valence-corrected chi connectivity index (χ1v) is 10.7. The molecule has 0 heterocycles. The van der Waals surface area contributed by atoms with Crippen LogP contribution in [0.1, 0.15) is 16.7 Å². The van der Waals surface area contributed by atoms with Crippen LogP contribution in [0.5, 0.6) is 11.5 Å². The maximum atomic E-state index is 13.1. The van der Waals surface area contributed by atoms with Crippen molar-refractivity contribution < 1.29 is 18.8 Å². The fourth-order valence-corrected chi connectivity index (χ4v) is 4.71. The number of carboxylic acid groups (broad SMARTS) is 1. The number of carboxylic acids is 1. The van der Waals surface area contributed by atoms with E-state index in [0.29, 0.717) is 27.7 Å². The first kappa shape index (κ1) is 20.3. The molecule has 3 aromatic carbocycles. The lowest BCUT2D eigenvalue weighted by Gasteiger charge is -2.15. The molecule has 0 radical (unpaired) electrons. The Labute approximate surface area is 174 Å². The third-order valence-electron chi connectivity index (χ3n) is 4.15. The van der Waals surface area contributed by atoms with Gasteiger partial charge in [0.1, 0.15) is 11.5 Å². The molecule has 0 aliphatic rings. The van der Waals surface area contributed by atoms with E-state index in [0.717, 1.165) is 15.6 Å². The van der Waals surface area contributed by atoms with Crippen molar-refractivity contribution in [3.8, 4) is 11.5 Å². The number of rotatable bonds is 7. The summed E-state index contributed by atoms with van der Waals surface area (Å²) in [6.45, 7) is 1.90. The van der Waals surface area contributed by atoms with Gasteiger partial charge in [0.05, 0.1) is 27.9 Å². The molecule has 3 rings (SSSR count). The van der Waals surface area contributed by atoms with Crippen LogP contribution in [0.4, 0.5) is 0 Å². The quantitative estimate of drug-likeness (QED) is 0.508. The Bertz CT molecular complexity index is 1020. The van der Waals surface area contributed by atoms with Gasteiger partial charge in [0.2, 0.25) is 0 Å². The highest BCUT2D eigenvalue weighted by Gasteiger charge is 2.18. The van der Waals surface area contributed by atoms with Crippen molar-refractivity contribution in [1.82, 2.24) is 0 Å². The van der Waals surface area contributed by atoms with Gasteiger partial charge in [0, 0.05) is 4.47 Å². The molecule has 0 bridgehead atoms. The molecule has 1 unspecified atom stereocenters. The molecule has 0 aliphatic carbocycles. The fraction of sp³-hybridized carbons (Fsp3) is 0.136. The Morgan fingerprint density at radius 3 is 2.46 bits per heavy atom. The van der Waals surface area contributed by atoms with Crippen molar-refractivity contribution in [3.63, 3.8) is 0 Å². The Hall–Kier alpha value is -2.44. The van der Waals surface area contributed by atoms with Gasteiger partial charge in [0.15, 0.2) is 0 Å². The van der Waals surface area contributed by atoms with Crippen LogP contribution < -0.4 is 4.74 Å². The van der Waals surface area contributed by atoms with Crippen molar-refractivity contribution in [3.05, 3.63) is 87.9 Å². The van der Waals surface area contributed by atoms with Crippen molar-refractivity contribution in [2.24, 2.45) is 0 Å². The lowest BCUT2D eigenvalue weighted by atomic mass is 10.1. The van der Waals surface area contributed by atoms with E-state index in [9.17, 15) is 9.00 Å². The number of benzene rings is 3. The molecule has 0 aliphatic heterocycles. The maximum absolute atomic E-state index is 13.1. The van der Waals surface area contributed by atoms with Crippen LogP contribution in [-0.2, 0) is 27.8 Å². The molecule has 1 atom stereocenters. The molecular formula is C22H19BrO4S. The number of aliphatic carboxylic acids is 1. The van der Waals surface area contributed by atoms with Crippen molar-refractivity contribution in [2.75, 3.05) is 0 Å². The molecule has 28 heavy (non-hydrogen) atoms. The Morgan fingerprint density at radius 1 is 1.04 bits per heavy atom. The van der Waals surface area contributed by atoms with Gasteiger partial charge >= 0.3 is 5.97 Å². The fourth-order valence-electron chi connectivity index (χ4n) is 2.82. The van der Waals surface area contributed by atoms with Crippen molar-refractivity contribution in [1.29, 1.82) is 0 Å². The highest BCUT2D eigenvalue weighted by atomic mass is 79.9. The lowest BCUT2D eigenvalue weighted by Crippen LogP contribution is -2.03. The van der Waals surface area contributed by atoms with E-state index in [1.807, 2.05) is 43.3 Å². The van der Waals surface area contributed by atoms with Gasteiger partial charge in [-0.2, -0.15) is 0 Å². The molecule has 0 spiro atoms. The van der Waals surface area contributed by atoms with Gasteiger partial charge < -0.3 is 9.84 Å². The van der Waals surface area contributed by atoms with Crippen molar-refractivity contribution in [2.45, 2.75) is 24.0 Å². The molecule has 1 N–H and O–H groups in total. The van der Waals surface area contributed by atoms with E-state index in [2.05, 4.69) is 15.9 Å². The number of hydrogen-bond donors (Lipinski definition) is 1. The smallest absolute Gasteiger partial charge is 0.307 e. The Balaban J connectivity index is 1.92. The summed E-state index contributed by atoms with van der Waals surface area (Å²) in [6, 6.07) is 20.2. The van der Waals surface area contributed by atoms with Crippen LogP contribution in [0, 0.1) is 6.92 Å². The number of hydrogen-bond acceptors (Lipinski definition) is 3. The molecular weight excluding hydrogens is 440 g/mol. The summed E-state index contributed by atoms with van der Waals surface area (Å²) < 4.78 is 20.0. The van der Waals surface area contributed by atoms with Crippen LogP contribution in [0.25, 0.3) is 0 Å². The Morgan fingerprint density at radius 2 is 1.75 bits per heavy atom. The van der Waals surface area contributed by atoms with E-state index in [1.54, 1.807) is 30.3 Å². The third kappa shape index (κ3) is 5.09. The zero-order chi connectivity index (χ0) is 20.1. The molecule has 0 saturated heterocycles. The van der Waals surface area contributed by atoms with E-state index >= 15 is 0 Å². The predicted octanol–water partition coefficient (Wildman–Crippen LogP) is 5.48. The van der Waals surface area contributed by atoms with Gasteiger partial charge in [-0.3, -0.25) is 9.00 Å². The second-order valence-electron chi connectivity index (χ2n) is 6.30. The summed E-state index contributed by atoms with van der Waals surface area (Å²) in [5, 5.41) is 8.99. The van der Waals surface area contributed by atoms with Gasteiger partial charge in [-0.1, -0.05) is 58.4 Å². The van der Waals surface area contributed by atoms with Crippen LogP contribution in [0.15, 0.2) is 76.1 Å². The van der Waals surface area contributed by atoms with E-state index < -0.39 is 16.8 Å². The first-order valence-electron chi connectivity index (χ1n) is 8.64. The van der Waals surface area contributed by atoms with Gasteiger partial charge in [-0.25, -0.2) is 0 Å². The molecule has 0 fully saturated rings. The summed E-state index contributed by atoms with van der Waals surface area (Å²) in [7, 11) is -1.31. The van der Waals surface area contributed by atoms with E-state index in [-0.39, 0.29) is 6.42 Å². The normalized spacial score (nSPS) is 11.8. The molecule has 0 amide bonds. The molecule has 6 heteroatoms. The second-order valence-corrected chi connectivity index (χ2v) is 8.54. The van der Waals surface area contributed by atoms with Crippen LogP contribution in [0.3, 0.4) is 0 Å². The number of ether oxygens (including phenoxy) is 1. The van der Waals surface area contributed by atoms with Gasteiger partial charge in [-0.15, -0.1) is 0 Å². The number of halogens is 1. The highest BCUT2D eigenvalue weighted by Crippen LogP contribution is 2.35. The largest absolute Gasteiger partial charge is 0.481 e. The Kier molecular flexibility index (Phi) is 6.65. The maximum Gasteiger partial charge on any atom is 0.307 e. The minimum Gasteiger partial charge on any atom is -0.481 e. The van der Waals surface area contributed by atoms with Crippen LogP contribution in [-0.4, -0.2) is 15.3 Å². The highest BCUT2D eigenvalue weighted by molar-refractivity contribution is 9.10. The zero-order valence-electron chi connectivity index (χ0n) is 15.2. The zero-order valence-corrected chi connectivity index (χ0v) is 17.6. The van der Waals surface area contributed by atoms with Crippen LogP contribution >= 0.6 is 15.9 Å². The lowest BCUT2D eigenvalue weighted by molar-refractivity contribution is -0.136. The average Bonchev–Trinajstić information content (AvgIpc) is 2.65. The monoisotopic (exact) mass is 458 g/mol. The summed E-state index contributed by atoms with van der Waals surface area (Å²) in [6.07, 6.45) is -0.0800. The molecule has 0 saturated carbocycles. The second kappa shape index (κ2) is 9.17. The van der Waals surface area contributed by atoms with Gasteiger partial charge in [0.25, 0.3) is 0 Å². The van der Waals surface area contributed by atoms with Crippen molar-refractivity contribution >= 4 is 32.7 Å². The third-order valence-corrected chi connectivity index (χ3v) is 6.57. The van der Waals surface area contributed by atoms with Gasteiger partial charge in [-0.05, 0) is 47.9 Å². The predicted molar refractivity (Wildman–Crippen MR) is 113 cm³/mol. The summed E-state index contributed by atoms with van der Waals surface area (Å²) >= 11 is 3.50. The molecule has 4 nitrogen and oxygen atoms in total. The summed E-state index contributed by atoms with van der Waals surface area (Å²) in [5.74, 6) is 0.496. The van der Waals surface area contributed by atoms with Crippen LogP contribution in [0.2, 0.25) is 0 Å². The standard InChI is InChI=1S/C22H19BrO4S/c1-15-19(23)10-11-20(22(15)28(26)14-16-6-3-2-4-7-16)27-18-9-5-8-17(12-18)13-21(24)25/h2-12H,13-14H2,1H3,(H,24,25). The molecule has 144 valence electrons. The summed E-state index contributed by atoms with van der Waals surface area (Å²) in [5.41, 5.74) is 2.48. The average molecular weight is 459 g/mol. The SMILES string of the molecule is Cc1c(Br)ccc(Oc2cccc(CC(=O)O)c2)c1S(=O)Cc1ccccc1. The molecule has 0 aromatic heterocycles. The first-order chi connectivity index (χ1) is 13.4. The number of carbonyl (C=O) groups is 1. The minimum absolute atomic E-state index is 0.0800. The minimum atomic E-state index is -1.31. The molecule has 3 aromatic rings. The van der Waals surface area contributed by atoms with E-state index in [4.69, 9.17) is 9.84 Å². The van der Waals surface area contributed by atoms with E-state index in [1.165, 1.54) is 0 Å². The topological polar surface area (TPSA) is 63.6 Å².